The molecule has 33 heavy (non-hydrogen) atoms. The van der Waals surface area contributed by atoms with Gasteiger partial charge in [0, 0.05) is 49.5 Å². The Morgan fingerprint density at radius 3 is 2.52 bits per heavy atom. The van der Waals surface area contributed by atoms with Crippen molar-refractivity contribution in [3.8, 4) is 0 Å². The third kappa shape index (κ3) is 6.33. The van der Waals surface area contributed by atoms with E-state index in [1.54, 1.807) is 6.07 Å². The molecule has 2 aromatic carbocycles. The van der Waals surface area contributed by atoms with Gasteiger partial charge in [-0.3, -0.25) is 9.69 Å². The number of benzene rings is 2. The van der Waals surface area contributed by atoms with Crippen LogP contribution in [0, 0.1) is 6.92 Å². The van der Waals surface area contributed by atoms with Crippen molar-refractivity contribution in [2.75, 3.05) is 36.4 Å². The molecule has 0 aliphatic carbocycles. The van der Waals surface area contributed by atoms with Gasteiger partial charge in [0.25, 0.3) is 0 Å². The van der Waals surface area contributed by atoms with Gasteiger partial charge in [0.05, 0.1) is 17.7 Å². The van der Waals surface area contributed by atoms with E-state index in [1.807, 2.05) is 41.5 Å². The average Bonchev–Trinajstić information content (AvgIpc) is 3.22. The zero-order valence-corrected chi connectivity index (χ0v) is 19.0. The van der Waals surface area contributed by atoms with E-state index < -0.39 is 11.7 Å². The van der Waals surface area contributed by atoms with Crippen molar-refractivity contribution in [1.29, 1.82) is 0 Å². The second-order valence-corrected chi connectivity index (χ2v) is 9.08. The van der Waals surface area contributed by atoms with Crippen molar-refractivity contribution < 1.29 is 18.0 Å². The number of alkyl halides is 3. The van der Waals surface area contributed by atoms with Crippen LogP contribution in [0.5, 0.6) is 0 Å². The minimum atomic E-state index is -4.34. The molecule has 1 aliphatic rings. The highest BCUT2D eigenvalue weighted by Crippen LogP contribution is 2.32. The second kappa shape index (κ2) is 9.93. The number of hydrogen-bond donors (Lipinski definition) is 1. The molecule has 0 radical (unpaired) electrons. The smallest absolute Gasteiger partial charge is 0.369 e. The Labute approximate surface area is 194 Å². The average molecular weight is 475 g/mol. The van der Waals surface area contributed by atoms with Crippen molar-refractivity contribution in [3.05, 3.63) is 75.7 Å². The molecule has 0 saturated carbocycles. The number of hydrogen-bond acceptors (Lipinski definition) is 5. The van der Waals surface area contributed by atoms with Crippen molar-refractivity contribution in [1.82, 2.24) is 9.88 Å². The topological polar surface area (TPSA) is 48.5 Å². The summed E-state index contributed by atoms with van der Waals surface area (Å²) in [6, 6.07) is 13.1. The normalized spacial score (nSPS) is 15.0. The molecule has 0 atom stereocenters. The highest BCUT2D eigenvalue weighted by molar-refractivity contribution is 7.09. The molecular formula is C24H25F3N4OS. The van der Waals surface area contributed by atoms with Crippen LogP contribution in [0.3, 0.4) is 0 Å². The third-order valence-electron chi connectivity index (χ3n) is 5.54. The summed E-state index contributed by atoms with van der Waals surface area (Å²) in [6.07, 6.45) is -4.11. The van der Waals surface area contributed by atoms with Crippen molar-refractivity contribution >= 4 is 28.6 Å². The lowest BCUT2D eigenvalue weighted by molar-refractivity contribution is -0.137. The summed E-state index contributed by atoms with van der Waals surface area (Å²) in [7, 11) is 0. The van der Waals surface area contributed by atoms with Gasteiger partial charge in [-0.15, -0.1) is 11.3 Å². The van der Waals surface area contributed by atoms with E-state index in [-0.39, 0.29) is 12.3 Å². The fourth-order valence-electron chi connectivity index (χ4n) is 3.75. The maximum Gasteiger partial charge on any atom is 0.416 e. The molecule has 1 amide bonds. The van der Waals surface area contributed by atoms with Crippen LogP contribution >= 0.6 is 11.3 Å². The first-order chi connectivity index (χ1) is 15.8. The van der Waals surface area contributed by atoms with Crippen LogP contribution < -0.4 is 10.2 Å². The monoisotopic (exact) mass is 474 g/mol. The molecule has 0 spiro atoms. The van der Waals surface area contributed by atoms with Crippen LogP contribution in [0.25, 0.3) is 0 Å². The third-order valence-corrected chi connectivity index (χ3v) is 6.44. The number of halogens is 3. The summed E-state index contributed by atoms with van der Waals surface area (Å²) in [5, 5.41) is 5.61. The largest absolute Gasteiger partial charge is 0.416 e. The molecule has 1 fully saturated rings. The van der Waals surface area contributed by atoms with E-state index in [4.69, 9.17) is 0 Å². The van der Waals surface area contributed by atoms with Crippen LogP contribution in [-0.2, 0) is 23.9 Å². The molecule has 1 N–H and O–H groups in total. The zero-order valence-electron chi connectivity index (χ0n) is 18.2. The SMILES string of the molecule is Cc1ccc(NC(=O)Cc2nc(CN3CCN(c4cccc(C(F)(F)F)c4)CC3)cs2)cc1. The Hall–Kier alpha value is -2.91. The maximum atomic E-state index is 13.0. The molecular weight excluding hydrogens is 449 g/mol. The Balaban J connectivity index is 1.26. The number of carbonyl (C=O) groups excluding carboxylic acids is 1. The molecule has 4 rings (SSSR count). The maximum absolute atomic E-state index is 13.0. The minimum Gasteiger partial charge on any atom is -0.369 e. The standard InChI is InChI=1S/C24H25F3N4OS/c1-17-5-7-19(8-6-17)28-22(32)14-23-29-20(16-33-23)15-30-9-11-31(12-10-30)21-4-2-3-18(13-21)24(25,26)27/h2-8,13,16H,9-12,14-15H2,1H3,(H,28,32). The highest BCUT2D eigenvalue weighted by Gasteiger charge is 2.31. The fraction of sp³-hybridized carbons (Fsp3) is 0.333. The van der Waals surface area contributed by atoms with Gasteiger partial charge in [0.15, 0.2) is 0 Å². The number of aryl methyl sites for hydroxylation is 1. The fourth-order valence-corrected chi connectivity index (χ4v) is 4.54. The van der Waals surface area contributed by atoms with Crippen LogP contribution in [0.15, 0.2) is 53.9 Å². The van der Waals surface area contributed by atoms with Gasteiger partial charge in [-0.2, -0.15) is 13.2 Å². The number of anilines is 2. The number of nitrogens with zero attached hydrogens (tertiary/aromatic N) is 3. The Morgan fingerprint density at radius 1 is 1.09 bits per heavy atom. The van der Waals surface area contributed by atoms with Gasteiger partial charge in [-0.25, -0.2) is 4.98 Å². The number of piperazine rings is 1. The first-order valence-corrected chi connectivity index (χ1v) is 11.6. The van der Waals surface area contributed by atoms with Crippen molar-refractivity contribution in [2.24, 2.45) is 0 Å². The lowest BCUT2D eigenvalue weighted by Gasteiger charge is -2.36. The van der Waals surface area contributed by atoms with Crippen molar-refractivity contribution in [2.45, 2.75) is 26.1 Å². The summed E-state index contributed by atoms with van der Waals surface area (Å²) >= 11 is 1.47. The van der Waals surface area contributed by atoms with E-state index in [0.717, 1.165) is 41.1 Å². The lowest BCUT2D eigenvalue weighted by atomic mass is 10.1. The molecule has 0 unspecified atom stereocenters. The van der Waals surface area contributed by atoms with E-state index in [0.29, 0.717) is 25.3 Å². The van der Waals surface area contributed by atoms with Gasteiger partial charge in [-0.1, -0.05) is 23.8 Å². The molecule has 2 heterocycles. The number of nitrogens with one attached hydrogen (secondary N) is 1. The lowest BCUT2D eigenvalue weighted by Crippen LogP contribution is -2.46. The Bertz CT molecular complexity index is 1090. The molecule has 1 aromatic heterocycles. The van der Waals surface area contributed by atoms with E-state index >= 15 is 0 Å². The molecule has 3 aromatic rings. The number of amides is 1. The number of rotatable bonds is 6. The first kappa shape index (κ1) is 23.3. The Morgan fingerprint density at radius 2 is 1.82 bits per heavy atom. The summed E-state index contributed by atoms with van der Waals surface area (Å²) in [6.45, 7) is 5.42. The highest BCUT2D eigenvalue weighted by atomic mass is 32.1. The van der Waals surface area contributed by atoms with Gasteiger partial charge >= 0.3 is 6.18 Å². The quantitative estimate of drug-likeness (QED) is 0.548. The van der Waals surface area contributed by atoms with Gasteiger partial charge in [0.1, 0.15) is 5.01 Å². The van der Waals surface area contributed by atoms with Crippen LogP contribution in [-0.4, -0.2) is 42.0 Å². The Kier molecular flexibility index (Phi) is 6.99. The van der Waals surface area contributed by atoms with Gasteiger partial charge in [-0.05, 0) is 37.3 Å². The van der Waals surface area contributed by atoms with E-state index in [1.165, 1.54) is 23.5 Å². The van der Waals surface area contributed by atoms with Crippen LogP contribution in [0.4, 0.5) is 24.5 Å². The molecule has 174 valence electrons. The summed E-state index contributed by atoms with van der Waals surface area (Å²) in [5.41, 5.74) is 2.78. The van der Waals surface area contributed by atoms with Crippen LogP contribution in [0.1, 0.15) is 21.8 Å². The van der Waals surface area contributed by atoms with E-state index in [9.17, 15) is 18.0 Å². The minimum absolute atomic E-state index is 0.102. The van der Waals surface area contributed by atoms with Crippen molar-refractivity contribution in [3.63, 3.8) is 0 Å². The molecule has 0 bridgehead atoms. The van der Waals surface area contributed by atoms with Gasteiger partial charge < -0.3 is 10.2 Å². The first-order valence-electron chi connectivity index (χ1n) is 10.7. The molecule has 1 saturated heterocycles. The predicted octanol–water partition coefficient (Wildman–Crippen LogP) is 4.97. The molecule has 5 nitrogen and oxygen atoms in total. The predicted molar refractivity (Wildman–Crippen MR) is 125 cm³/mol. The zero-order chi connectivity index (χ0) is 23.4. The van der Waals surface area contributed by atoms with Crippen LogP contribution in [0.2, 0.25) is 0 Å². The molecule has 9 heteroatoms. The summed E-state index contributed by atoms with van der Waals surface area (Å²) in [4.78, 5) is 21.1. The number of aromatic nitrogens is 1. The molecule has 1 aliphatic heterocycles. The second-order valence-electron chi connectivity index (χ2n) is 8.13. The number of carbonyl (C=O) groups is 1. The van der Waals surface area contributed by atoms with Gasteiger partial charge in [0.2, 0.25) is 5.91 Å². The summed E-state index contributed by atoms with van der Waals surface area (Å²) in [5.74, 6) is -0.102. The van der Waals surface area contributed by atoms with E-state index in [2.05, 4.69) is 15.2 Å². The number of thiazole rings is 1. The summed E-state index contributed by atoms with van der Waals surface area (Å²) < 4.78 is 39.0.